The fourth-order valence-electron chi connectivity index (χ4n) is 1.87. The van der Waals surface area contributed by atoms with Crippen LogP contribution in [-0.2, 0) is 23.2 Å². The maximum atomic E-state index is 12.0. The summed E-state index contributed by atoms with van der Waals surface area (Å²) in [4.78, 5) is 4.38. The molecule has 1 aromatic rings. The van der Waals surface area contributed by atoms with E-state index in [9.17, 15) is 8.42 Å². The van der Waals surface area contributed by atoms with Gasteiger partial charge in [0.15, 0.2) is 5.89 Å². The summed E-state index contributed by atoms with van der Waals surface area (Å²) >= 11 is 0. The van der Waals surface area contributed by atoms with Gasteiger partial charge in [-0.25, -0.2) is 4.98 Å². The second kappa shape index (κ2) is 4.64. The normalized spacial score (nSPS) is 17.4. The van der Waals surface area contributed by atoms with Crippen LogP contribution in [0.15, 0.2) is 4.42 Å². The first-order valence-corrected chi connectivity index (χ1v) is 7.38. The largest absolute Gasteiger partial charge is 0.445 e. The predicted octanol–water partition coefficient (Wildman–Crippen LogP) is 0.962. The van der Waals surface area contributed by atoms with Crippen LogP contribution in [0.2, 0.25) is 0 Å². The SMILES string of the molecule is CC(C)c1nc2c(o1)CCN(S(=O)(=O)N(C)C)C2. The van der Waals surface area contributed by atoms with Crippen molar-refractivity contribution in [3.63, 3.8) is 0 Å². The monoisotopic (exact) mass is 273 g/mol. The smallest absolute Gasteiger partial charge is 0.281 e. The summed E-state index contributed by atoms with van der Waals surface area (Å²) in [5.41, 5.74) is 0.746. The van der Waals surface area contributed by atoms with Crippen LogP contribution in [0.4, 0.5) is 0 Å². The number of aromatic nitrogens is 1. The van der Waals surface area contributed by atoms with E-state index in [1.807, 2.05) is 13.8 Å². The van der Waals surface area contributed by atoms with Crippen LogP contribution in [0.25, 0.3) is 0 Å². The summed E-state index contributed by atoms with van der Waals surface area (Å²) < 4.78 is 32.4. The molecule has 7 heteroatoms. The Labute approximate surface area is 108 Å². The topological polar surface area (TPSA) is 66.7 Å². The predicted molar refractivity (Wildman–Crippen MR) is 67.3 cm³/mol. The molecule has 6 nitrogen and oxygen atoms in total. The fraction of sp³-hybridized carbons (Fsp3) is 0.727. The zero-order valence-electron chi connectivity index (χ0n) is 11.2. The van der Waals surface area contributed by atoms with Crippen molar-refractivity contribution >= 4 is 10.2 Å². The van der Waals surface area contributed by atoms with Crippen LogP contribution in [-0.4, -0.2) is 42.7 Å². The molecule has 0 saturated heterocycles. The highest BCUT2D eigenvalue weighted by Gasteiger charge is 2.31. The van der Waals surface area contributed by atoms with Crippen molar-refractivity contribution < 1.29 is 12.8 Å². The molecule has 0 unspecified atom stereocenters. The van der Waals surface area contributed by atoms with E-state index in [1.165, 1.54) is 22.7 Å². The molecule has 1 aromatic heterocycles. The first-order chi connectivity index (χ1) is 8.32. The Morgan fingerprint density at radius 2 is 2.06 bits per heavy atom. The molecule has 0 saturated carbocycles. The highest BCUT2D eigenvalue weighted by molar-refractivity contribution is 7.86. The van der Waals surface area contributed by atoms with Gasteiger partial charge >= 0.3 is 0 Å². The molecule has 2 rings (SSSR count). The third kappa shape index (κ3) is 2.30. The highest BCUT2D eigenvalue weighted by atomic mass is 32.2. The molecule has 1 aliphatic heterocycles. The molecule has 0 fully saturated rings. The zero-order valence-corrected chi connectivity index (χ0v) is 12.0. The van der Waals surface area contributed by atoms with Gasteiger partial charge in [-0.05, 0) is 0 Å². The quantitative estimate of drug-likeness (QED) is 0.823. The van der Waals surface area contributed by atoms with Crippen molar-refractivity contribution in [1.29, 1.82) is 0 Å². The van der Waals surface area contributed by atoms with Gasteiger partial charge in [0.1, 0.15) is 5.76 Å². The summed E-state index contributed by atoms with van der Waals surface area (Å²) in [5, 5.41) is 0. The van der Waals surface area contributed by atoms with E-state index in [4.69, 9.17) is 4.42 Å². The van der Waals surface area contributed by atoms with Gasteiger partial charge in [-0.1, -0.05) is 13.8 Å². The summed E-state index contributed by atoms with van der Waals surface area (Å²) in [7, 11) is -0.299. The lowest BCUT2D eigenvalue weighted by atomic mass is 10.2. The minimum absolute atomic E-state index is 0.217. The van der Waals surface area contributed by atoms with E-state index in [2.05, 4.69) is 4.98 Å². The maximum Gasteiger partial charge on any atom is 0.281 e. The van der Waals surface area contributed by atoms with Gasteiger partial charge < -0.3 is 4.42 Å². The van der Waals surface area contributed by atoms with Gasteiger partial charge in [0, 0.05) is 33.0 Å². The standard InChI is InChI=1S/C11H19N3O3S/c1-8(2)11-12-9-7-14(6-5-10(9)17-11)18(15,16)13(3)4/h8H,5-7H2,1-4H3. The fourth-order valence-corrected chi connectivity index (χ4v) is 2.94. The molecule has 0 aromatic carbocycles. The Morgan fingerprint density at radius 1 is 1.39 bits per heavy atom. The summed E-state index contributed by atoms with van der Waals surface area (Å²) in [6.07, 6.45) is 0.585. The van der Waals surface area contributed by atoms with E-state index >= 15 is 0 Å². The average molecular weight is 273 g/mol. The van der Waals surface area contributed by atoms with E-state index in [1.54, 1.807) is 0 Å². The van der Waals surface area contributed by atoms with E-state index in [0.717, 1.165) is 11.5 Å². The van der Waals surface area contributed by atoms with Crippen molar-refractivity contribution in [3.05, 3.63) is 17.3 Å². The van der Waals surface area contributed by atoms with Crippen LogP contribution in [0.1, 0.15) is 37.1 Å². The molecule has 0 radical (unpaired) electrons. The third-order valence-corrected chi connectivity index (χ3v) is 4.88. The van der Waals surface area contributed by atoms with Crippen LogP contribution < -0.4 is 0 Å². The number of hydrogen-bond donors (Lipinski definition) is 0. The molecule has 0 atom stereocenters. The van der Waals surface area contributed by atoms with Gasteiger partial charge in [0.25, 0.3) is 10.2 Å². The lowest BCUT2D eigenvalue weighted by Crippen LogP contribution is -2.42. The number of nitrogens with zero attached hydrogens (tertiary/aromatic N) is 3. The number of oxazole rings is 1. The number of hydrogen-bond acceptors (Lipinski definition) is 4. The first-order valence-electron chi connectivity index (χ1n) is 5.98. The average Bonchev–Trinajstić information content (AvgIpc) is 2.71. The molecular formula is C11H19N3O3S. The Kier molecular flexibility index (Phi) is 3.48. The van der Waals surface area contributed by atoms with Crippen molar-refractivity contribution in [2.24, 2.45) is 0 Å². The summed E-state index contributed by atoms with van der Waals surface area (Å²) in [6.45, 7) is 4.75. The maximum absolute atomic E-state index is 12.0. The lowest BCUT2D eigenvalue weighted by Gasteiger charge is -2.27. The molecular weight excluding hydrogens is 254 g/mol. The molecule has 0 amide bonds. The Bertz CT molecular complexity index is 534. The summed E-state index contributed by atoms with van der Waals surface area (Å²) in [5.74, 6) is 1.72. The zero-order chi connectivity index (χ0) is 13.5. The van der Waals surface area contributed by atoms with Crippen LogP contribution >= 0.6 is 0 Å². The number of fused-ring (bicyclic) bond motifs is 1. The van der Waals surface area contributed by atoms with Gasteiger partial charge in [-0.3, -0.25) is 0 Å². The molecule has 18 heavy (non-hydrogen) atoms. The molecule has 2 heterocycles. The molecule has 0 N–H and O–H groups in total. The van der Waals surface area contributed by atoms with Gasteiger partial charge in [-0.15, -0.1) is 0 Å². The Morgan fingerprint density at radius 3 is 2.61 bits per heavy atom. The van der Waals surface area contributed by atoms with Crippen molar-refractivity contribution in [2.45, 2.75) is 32.7 Å². The van der Waals surface area contributed by atoms with Crippen LogP contribution in [0.5, 0.6) is 0 Å². The third-order valence-electron chi connectivity index (χ3n) is 2.99. The van der Waals surface area contributed by atoms with Gasteiger partial charge in [0.05, 0.1) is 12.2 Å². The van der Waals surface area contributed by atoms with E-state index in [-0.39, 0.29) is 5.92 Å². The second-order valence-electron chi connectivity index (χ2n) is 4.95. The second-order valence-corrected chi connectivity index (χ2v) is 7.09. The number of rotatable bonds is 3. The van der Waals surface area contributed by atoms with Crippen molar-refractivity contribution in [2.75, 3.05) is 20.6 Å². The highest BCUT2D eigenvalue weighted by Crippen LogP contribution is 2.25. The molecule has 0 bridgehead atoms. The van der Waals surface area contributed by atoms with Gasteiger partial charge in [0.2, 0.25) is 0 Å². The van der Waals surface area contributed by atoms with Crippen LogP contribution in [0.3, 0.4) is 0 Å². The minimum atomic E-state index is -3.37. The Hall–Kier alpha value is -0.920. The molecule has 1 aliphatic rings. The first kappa shape index (κ1) is 13.5. The van der Waals surface area contributed by atoms with Crippen molar-refractivity contribution in [3.8, 4) is 0 Å². The minimum Gasteiger partial charge on any atom is -0.445 e. The Balaban J connectivity index is 2.25. The van der Waals surface area contributed by atoms with E-state index < -0.39 is 10.2 Å². The lowest BCUT2D eigenvalue weighted by molar-refractivity contribution is 0.333. The summed E-state index contributed by atoms with van der Waals surface area (Å²) in [6, 6.07) is 0. The molecule has 0 spiro atoms. The van der Waals surface area contributed by atoms with Gasteiger partial charge in [-0.2, -0.15) is 17.0 Å². The molecule has 102 valence electrons. The molecule has 0 aliphatic carbocycles. The van der Waals surface area contributed by atoms with Crippen LogP contribution in [0, 0.1) is 0 Å². The van der Waals surface area contributed by atoms with Crippen molar-refractivity contribution in [1.82, 2.24) is 13.6 Å². The van der Waals surface area contributed by atoms with E-state index in [0.29, 0.717) is 25.4 Å².